The zero-order valence-corrected chi connectivity index (χ0v) is 9.41. The lowest BCUT2D eigenvalue weighted by Crippen LogP contribution is -2.38. The molecule has 0 aromatic heterocycles. The van der Waals surface area contributed by atoms with Gasteiger partial charge in [0.05, 0.1) is 0 Å². The van der Waals surface area contributed by atoms with Gasteiger partial charge in [0.15, 0.2) is 0 Å². The Bertz CT molecular complexity index is 331. The molecule has 0 unspecified atom stereocenters. The van der Waals surface area contributed by atoms with Gasteiger partial charge in [-0.1, -0.05) is 18.2 Å². The van der Waals surface area contributed by atoms with E-state index in [0.717, 1.165) is 25.2 Å². The number of benzene rings is 1. The smallest absolute Gasteiger partial charge is 0.251 e. The summed E-state index contributed by atoms with van der Waals surface area (Å²) in [6.45, 7) is 2.92. The normalized spacial score (nSPS) is 20.4. The van der Waals surface area contributed by atoms with Crippen LogP contribution in [0.15, 0.2) is 30.3 Å². The molecule has 0 radical (unpaired) electrons. The van der Waals surface area contributed by atoms with Crippen molar-refractivity contribution in [2.75, 3.05) is 19.6 Å². The van der Waals surface area contributed by atoms with E-state index >= 15 is 0 Å². The fourth-order valence-electron chi connectivity index (χ4n) is 2.03. The van der Waals surface area contributed by atoms with Crippen LogP contribution in [0.4, 0.5) is 0 Å². The van der Waals surface area contributed by atoms with E-state index in [1.807, 2.05) is 30.3 Å². The van der Waals surface area contributed by atoms with Crippen LogP contribution in [-0.2, 0) is 0 Å². The first-order chi connectivity index (χ1) is 7.86. The number of carbonyl (C=O) groups is 1. The maximum absolute atomic E-state index is 11.8. The fourth-order valence-corrected chi connectivity index (χ4v) is 2.03. The molecular weight excluding hydrogens is 200 g/mol. The largest absolute Gasteiger partial charge is 0.352 e. The van der Waals surface area contributed by atoms with Crippen LogP contribution in [0, 0.1) is 5.92 Å². The van der Waals surface area contributed by atoms with Gasteiger partial charge in [-0.05, 0) is 44.0 Å². The molecule has 16 heavy (non-hydrogen) atoms. The third kappa shape index (κ3) is 3.07. The summed E-state index contributed by atoms with van der Waals surface area (Å²) in [5.41, 5.74) is 0.742. The first-order valence-corrected chi connectivity index (χ1v) is 5.90. The number of piperidine rings is 1. The first-order valence-electron chi connectivity index (χ1n) is 5.90. The summed E-state index contributed by atoms with van der Waals surface area (Å²) >= 11 is 0. The van der Waals surface area contributed by atoms with E-state index in [4.69, 9.17) is 0 Å². The lowest BCUT2D eigenvalue weighted by atomic mass is 10.00. The van der Waals surface area contributed by atoms with Gasteiger partial charge in [0.25, 0.3) is 5.91 Å². The predicted octanol–water partition coefficient (Wildman–Crippen LogP) is 1.42. The highest BCUT2D eigenvalue weighted by atomic mass is 16.1. The Morgan fingerprint density at radius 3 is 2.88 bits per heavy atom. The molecule has 1 atom stereocenters. The van der Waals surface area contributed by atoms with Gasteiger partial charge in [0.2, 0.25) is 0 Å². The van der Waals surface area contributed by atoms with E-state index in [9.17, 15) is 4.79 Å². The van der Waals surface area contributed by atoms with Gasteiger partial charge in [0.1, 0.15) is 0 Å². The summed E-state index contributed by atoms with van der Waals surface area (Å²) < 4.78 is 0. The molecule has 1 aromatic carbocycles. The molecule has 0 spiro atoms. The predicted molar refractivity (Wildman–Crippen MR) is 64.4 cm³/mol. The Morgan fingerprint density at radius 1 is 1.38 bits per heavy atom. The molecule has 2 rings (SSSR count). The number of rotatable bonds is 3. The Labute approximate surface area is 96.2 Å². The van der Waals surface area contributed by atoms with Gasteiger partial charge >= 0.3 is 0 Å². The molecule has 1 heterocycles. The van der Waals surface area contributed by atoms with Crippen molar-refractivity contribution < 1.29 is 4.79 Å². The lowest BCUT2D eigenvalue weighted by Gasteiger charge is -2.22. The second-order valence-electron chi connectivity index (χ2n) is 4.29. The first kappa shape index (κ1) is 11.1. The monoisotopic (exact) mass is 218 g/mol. The minimum absolute atomic E-state index is 0.0335. The van der Waals surface area contributed by atoms with Crippen molar-refractivity contribution in [2.24, 2.45) is 5.92 Å². The summed E-state index contributed by atoms with van der Waals surface area (Å²) in [5.74, 6) is 0.618. The molecule has 1 aliphatic heterocycles. The number of nitrogens with one attached hydrogen (secondary N) is 2. The van der Waals surface area contributed by atoms with E-state index in [2.05, 4.69) is 10.6 Å². The zero-order valence-electron chi connectivity index (χ0n) is 9.41. The Morgan fingerprint density at radius 2 is 2.19 bits per heavy atom. The maximum atomic E-state index is 11.8. The van der Waals surface area contributed by atoms with Crippen LogP contribution < -0.4 is 10.6 Å². The van der Waals surface area contributed by atoms with Gasteiger partial charge in [-0.3, -0.25) is 4.79 Å². The SMILES string of the molecule is O=C(NC[C@H]1CCCNC1)c1ccccc1. The van der Waals surface area contributed by atoms with Crippen LogP contribution in [0.2, 0.25) is 0 Å². The zero-order chi connectivity index (χ0) is 11.2. The molecule has 0 aliphatic carbocycles. The molecule has 0 bridgehead atoms. The van der Waals surface area contributed by atoms with Crippen molar-refractivity contribution in [1.82, 2.24) is 10.6 Å². The summed E-state index contributed by atoms with van der Waals surface area (Å²) in [6, 6.07) is 9.37. The number of hydrogen-bond donors (Lipinski definition) is 2. The molecule has 1 aromatic rings. The van der Waals surface area contributed by atoms with E-state index in [1.165, 1.54) is 12.8 Å². The van der Waals surface area contributed by atoms with Crippen LogP contribution in [0.3, 0.4) is 0 Å². The van der Waals surface area contributed by atoms with Gasteiger partial charge in [-0.15, -0.1) is 0 Å². The van der Waals surface area contributed by atoms with E-state index in [1.54, 1.807) is 0 Å². The molecule has 3 heteroatoms. The molecule has 2 N–H and O–H groups in total. The standard InChI is InChI=1S/C13H18N2O/c16-13(12-6-2-1-3-7-12)15-10-11-5-4-8-14-9-11/h1-3,6-7,11,14H,4-5,8-10H2,(H,15,16)/t11-/m0/s1. The average molecular weight is 218 g/mol. The Kier molecular flexibility index (Phi) is 3.94. The second-order valence-corrected chi connectivity index (χ2v) is 4.29. The van der Waals surface area contributed by atoms with Gasteiger partial charge in [-0.2, -0.15) is 0 Å². The van der Waals surface area contributed by atoms with Crippen molar-refractivity contribution in [3.8, 4) is 0 Å². The lowest BCUT2D eigenvalue weighted by molar-refractivity contribution is 0.0945. The highest BCUT2D eigenvalue weighted by Gasteiger charge is 2.14. The average Bonchev–Trinajstić information content (AvgIpc) is 2.38. The molecule has 0 saturated carbocycles. The molecule has 1 saturated heterocycles. The van der Waals surface area contributed by atoms with Gasteiger partial charge in [0, 0.05) is 12.1 Å². The summed E-state index contributed by atoms with van der Waals surface area (Å²) in [7, 11) is 0. The molecular formula is C13H18N2O. The maximum Gasteiger partial charge on any atom is 0.251 e. The van der Waals surface area contributed by atoms with E-state index in [0.29, 0.717) is 5.92 Å². The van der Waals surface area contributed by atoms with Gasteiger partial charge in [-0.25, -0.2) is 0 Å². The van der Waals surface area contributed by atoms with Crippen LogP contribution >= 0.6 is 0 Å². The quantitative estimate of drug-likeness (QED) is 0.805. The summed E-state index contributed by atoms with van der Waals surface area (Å²) in [6.07, 6.45) is 2.42. The van der Waals surface area contributed by atoms with E-state index in [-0.39, 0.29) is 5.91 Å². The molecule has 3 nitrogen and oxygen atoms in total. The minimum atomic E-state index is 0.0335. The van der Waals surface area contributed by atoms with E-state index < -0.39 is 0 Å². The third-order valence-corrected chi connectivity index (χ3v) is 2.99. The highest BCUT2D eigenvalue weighted by Crippen LogP contribution is 2.08. The Balaban J connectivity index is 1.79. The highest BCUT2D eigenvalue weighted by molar-refractivity contribution is 5.94. The van der Waals surface area contributed by atoms with Crippen molar-refractivity contribution >= 4 is 5.91 Å². The van der Waals surface area contributed by atoms with Crippen LogP contribution in [-0.4, -0.2) is 25.5 Å². The van der Waals surface area contributed by atoms with Crippen molar-refractivity contribution in [2.45, 2.75) is 12.8 Å². The molecule has 1 amide bonds. The summed E-state index contributed by atoms with van der Waals surface area (Å²) in [5, 5.41) is 6.34. The van der Waals surface area contributed by atoms with Crippen molar-refractivity contribution in [1.29, 1.82) is 0 Å². The molecule has 86 valence electrons. The second kappa shape index (κ2) is 5.66. The van der Waals surface area contributed by atoms with Gasteiger partial charge < -0.3 is 10.6 Å². The summed E-state index contributed by atoms with van der Waals surface area (Å²) in [4.78, 5) is 11.8. The molecule has 1 fully saturated rings. The van der Waals surface area contributed by atoms with Crippen LogP contribution in [0.1, 0.15) is 23.2 Å². The number of amides is 1. The fraction of sp³-hybridized carbons (Fsp3) is 0.462. The van der Waals surface area contributed by atoms with Crippen molar-refractivity contribution in [3.63, 3.8) is 0 Å². The Hall–Kier alpha value is -1.35. The van der Waals surface area contributed by atoms with Crippen LogP contribution in [0.25, 0.3) is 0 Å². The van der Waals surface area contributed by atoms with Crippen molar-refractivity contribution in [3.05, 3.63) is 35.9 Å². The number of hydrogen-bond acceptors (Lipinski definition) is 2. The third-order valence-electron chi connectivity index (χ3n) is 2.99. The topological polar surface area (TPSA) is 41.1 Å². The molecule has 1 aliphatic rings. The van der Waals surface area contributed by atoms with Crippen LogP contribution in [0.5, 0.6) is 0 Å². The minimum Gasteiger partial charge on any atom is -0.352 e. The number of carbonyl (C=O) groups excluding carboxylic acids is 1.